The molecule has 0 saturated heterocycles. The fourth-order valence-electron chi connectivity index (χ4n) is 2.48. The van der Waals surface area contributed by atoms with E-state index in [4.69, 9.17) is 4.74 Å². The van der Waals surface area contributed by atoms with Crippen molar-refractivity contribution < 1.29 is 22.7 Å². The number of hydrogen-bond donors (Lipinski definition) is 1. The number of hydrogen-bond acceptors (Lipinski definition) is 6. The Labute approximate surface area is 169 Å². The molecular weight excluding hydrogens is 401 g/mol. The number of ether oxygens (including phenoxy) is 1. The lowest BCUT2D eigenvalue weighted by atomic mass is 10.1. The molecule has 0 aliphatic carbocycles. The Morgan fingerprint density at radius 2 is 1.97 bits per heavy atom. The molecule has 1 heterocycles. The normalized spacial score (nSPS) is 12.0. The molecular formula is C19H17F3N6O2. The van der Waals surface area contributed by atoms with Gasteiger partial charge in [0, 0.05) is 11.1 Å². The molecule has 2 aromatic carbocycles. The zero-order valence-electron chi connectivity index (χ0n) is 16.0. The summed E-state index contributed by atoms with van der Waals surface area (Å²) in [6, 6.07) is 11.7. The van der Waals surface area contributed by atoms with Crippen LogP contribution in [0.3, 0.4) is 0 Å². The molecule has 1 amide bonds. The van der Waals surface area contributed by atoms with E-state index in [1.165, 1.54) is 12.1 Å². The maximum atomic E-state index is 12.8. The number of amides is 1. The molecule has 0 aliphatic heterocycles. The van der Waals surface area contributed by atoms with Gasteiger partial charge in [-0.05, 0) is 36.4 Å². The average molecular weight is 418 g/mol. The Bertz CT molecular complexity index is 1080. The summed E-state index contributed by atoms with van der Waals surface area (Å²) in [4.78, 5) is 13.1. The molecule has 0 spiro atoms. The van der Waals surface area contributed by atoms with Gasteiger partial charge in [-0.3, -0.25) is 4.79 Å². The van der Waals surface area contributed by atoms with Gasteiger partial charge in [-0.15, -0.1) is 10.2 Å². The van der Waals surface area contributed by atoms with Gasteiger partial charge in [0.25, 0.3) is 5.91 Å². The second-order valence-electron chi connectivity index (χ2n) is 6.19. The Balaban J connectivity index is 1.65. The number of halogens is 3. The molecule has 0 unspecified atom stereocenters. The fraction of sp³-hybridized carbons (Fsp3) is 0.211. The van der Waals surface area contributed by atoms with Crippen molar-refractivity contribution in [1.29, 1.82) is 0 Å². The zero-order valence-corrected chi connectivity index (χ0v) is 16.0. The van der Waals surface area contributed by atoms with Crippen LogP contribution in [0, 0.1) is 0 Å². The van der Waals surface area contributed by atoms with E-state index in [9.17, 15) is 18.0 Å². The van der Waals surface area contributed by atoms with Crippen molar-refractivity contribution in [2.45, 2.75) is 19.6 Å². The van der Waals surface area contributed by atoms with Crippen molar-refractivity contribution in [3.8, 4) is 17.1 Å². The molecule has 0 aliphatic rings. The quantitative estimate of drug-likeness (QED) is 0.491. The van der Waals surface area contributed by atoms with E-state index < -0.39 is 17.6 Å². The lowest BCUT2D eigenvalue weighted by molar-refractivity contribution is -0.137. The van der Waals surface area contributed by atoms with E-state index in [1.54, 1.807) is 32.2 Å². The molecule has 1 N–H and O–H groups in total. The highest BCUT2D eigenvalue weighted by Crippen LogP contribution is 2.31. The van der Waals surface area contributed by atoms with E-state index in [0.717, 1.165) is 22.5 Å². The molecule has 30 heavy (non-hydrogen) atoms. The summed E-state index contributed by atoms with van der Waals surface area (Å²) in [5.41, 5.74) is 3.01. The summed E-state index contributed by atoms with van der Waals surface area (Å²) in [6.07, 6.45) is -4.48. The summed E-state index contributed by atoms with van der Waals surface area (Å²) >= 11 is 0. The highest BCUT2D eigenvalue weighted by atomic mass is 19.4. The monoisotopic (exact) mass is 418 g/mol. The van der Waals surface area contributed by atoms with Crippen LogP contribution in [0.4, 0.5) is 13.2 Å². The van der Waals surface area contributed by atoms with Gasteiger partial charge in [0.15, 0.2) is 0 Å². The van der Waals surface area contributed by atoms with Gasteiger partial charge in [0.05, 0.1) is 18.4 Å². The van der Waals surface area contributed by atoms with E-state index in [2.05, 4.69) is 25.9 Å². The van der Waals surface area contributed by atoms with Gasteiger partial charge in [0.2, 0.25) is 5.82 Å². The van der Waals surface area contributed by atoms with Crippen LogP contribution in [0.5, 0.6) is 5.75 Å². The van der Waals surface area contributed by atoms with Gasteiger partial charge in [-0.25, -0.2) is 5.43 Å². The minimum atomic E-state index is -4.48. The standard InChI is InChI=1S/C19H17F3N6O2/c1-12(13-5-4-8-16(10-13)30-2)23-24-17(29)11-28-26-18(25-27-28)14-6-3-7-15(9-14)19(20,21)22/h3-10H,11H2,1-2H3,(H,24,29)/b23-12+. The molecule has 8 nitrogen and oxygen atoms in total. The van der Waals surface area contributed by atoms with Crippen LogP contribution < -0.4 is 10.2 Å². The predicted octanol–water partition coefficient (Wildman–Crippen LogP) is 2.91. The van der Waals surface area contributed by atoms with Crippen LogP contribution in [0.1, 0.15) is 18.1 Å². The van der Waals surface area contributed by atoms with Crippen molar-refractivity contribution in [1.82, 2.24) is 25.6 Å². The fourth-order valence-corrected chi connectivity index (χ4v) is 2.48. The van der Waals surface area contributed by atoms with Crippen LogP contribution >= 0.6 is 0 Å². The molecule has 0 atom stereocenters. The number of alkyl halides is 3. The van der Waals surface area contributed by atoms with Crippen LogP contribution in [0.15, 0.2) is 53.6 Å². The van der Waals surface area contributed by atoms with Crippen LogP contribution in [-0.4, -0.2) is 38.9 Å². The van der Waals surface area contributed by atoms with Crippen molar-refractivity contribution in [2.24, 2.45) is 5.10 Å². The minimum Gasteiger partial charge on any atom is -0.497 e. The van der Waals surface area contributed by atoms with E-state index in [-0.39, 0.29) is 17.9 Å². The molecule has 0 saturated carbocycles. The van der Waals surface area contributed by atoms with Crippen LogP contribution in [0.2, 0.25) is 0 Å². The number of tetrazole rings is 1. The molecule has 156 valence electrons. The average Bonchev–Trinajstić information content (AvgIpc) is 3.20. The lowest BCUT2D eigenvalue weighted by Crippen LogP contribution is -2.25. The molecule has 1 aromatic heterocycles. The zero-order chi connectivity index (χ0) is 21.7. The highest BCUT2D eigenvalue weighted by Gasteiger charge is 2.30. The number of methoxy groups -OCH3 is 1. The van der Waals surface area contributed by atoms with Gasteiger partial charge in [0.1, 0.15) is 12.3 Å². The number of rotatable bonds is 6. The lowest BCUT2D eigenvalue weighted by Gasteiger charge is -2.06. The smallest absolute Gasteiger partial charge is 0.416 e. The first-order chi connectivity index (χ1) is 14.3. The number of nitrogens with zero attached hydrogens (tertiary/aromatic N) is 5. The minimum absolute atomic E-state index is 0.0232. The number of hydrazone groups is 1. The Kier molecular flexibility index (Phi) is 6.09. The first kappa shape index (κ1) is 21.0. The molecule has 3 aromatic rings. The summed E-state index contributed by atoms with van der Waals surface area (Å²) in [6.45, 7) is 1.41. The number of aromatic nitrogens is 4. The maximum Gasteiger partial charge on any atom is 0.416 e. The molecule has 3 rings (SSSR count). The van der Waals surface area contributed by atoms with E-state index in [1.807, 2.05) is 6.07 Å². The topological polar surface area (TPSA) is 94.3 Å². The van der Waals surface area contributed by atoms with Gasteiger partial charge < -0.3 is 4.74 Å². The Hall–Kier alpha value is -3.76. The van der Waals surface area contributed by atoms with Crippen molar-refractivity contribution in [3.05, 3.63) is 59.7 Å². The number of benzene rings is 2. The Morgan fingerprint density at radius 1 is 1.20 bits per heavy atom. The summed E-state index contributed by atoms with van der Waals surface area (Å²) in [5, 5.41) is 15.4. The first-order valence-electron chi connectivity index (χ1n) is 8.69. The second-order valence-corrected chi connectivity index (χ2v) is 6.19. The second kappa shape index (κ2) is 8.72. The van der Waals surface area contributed by atoms with Gasteiger partial charge in [-0.2, -0.15) is 23.1 Å². The Morgan fingerprint density at radius 3 is 2.70 bits per heavy atom. The third kappa shape index (κ3) is 5.19. The van der Waals surface area contributed by atoms with Crippen LogP contribution in [-0.2, 0) is 17.5 Å². The molecule has 11 heteroatoms. The number of nitrogens with one attached hydrogen (secondary N) is 1. The molecule has 0 fully saturated rings. The SMILES string of the molecule is COc1cccc(/C(C)=N/NC(=O)Cn2nnc(-c3cccc(C(F)(F)F)c3)n2)c1. The highest BCUT2D eigenvalue weighted by molar-refractivity contribution is 5.99. The van der Waals surface area contributed by atoms with Crippen molar-refractivity contribution >= 4 is 11.6 Å². The summed E-state index contributed by atoms with van der Waals surface area (Å²) in [7, 11) is 1.55. The maximum absolute atomic E-state index is 12.8. The largest absolute Gasteiger partial charge is 0.497 e. The van der Waals surface area contributed by atoms with Crippen molar-refractivity contribution in [3.63, 3.8) is 0 Å². The number of carbonyl (C=O) groups is 1. The summed E-state index contributed by atoms with van der Waals surface area (Å²) in [5.74, 6) is 0.109. The summed E-state index contributed by atoms with van der Waals surface area (Å²) < 4.78 is 43.7. The van der Waals surface area contributed by atoms with Crippen LogP contribution in [0.25, 0.3) is 11.4 Å². The van der Waals surface area contributed by atoms with Gasteiger partial charge in [-0.1, -0.05) is 24.3 Å². The first-order valence-corrected chi connectivity index (χ1v) is 8.69. The third-order valence-corrected chi connectivity index (χ3v) is 4.02. The molecule has 0 bridgehead atoms. The van der Waals surface area contributed by atoms with E-state index >= 15 is 0 Å². The van der Waals surface area contributed by atoms with Crippen molar-refractivity contribution in [2.75, 3.05) is 7.11 Å². The van der Waals surface area contributed by atoms with E-state index in [0.29, 0.717) is 11.5 Å². The van der Waals surface area contributed by atoms with Gasteiger partial charge >= 0.3 is 6.18 Å². The third-order valence-electron chi connectivity index (χ3n) is 4.02. The predicted molar refractivity (Wildman–Crippen MR) is 102 cm³/mol. The molecule has 0 radical (unpaired) electrons. The number of carbonyl (C=O) groups excluding carboxylic acids is 1.